The monoisotopic (exact) mass is 370 g/mol. The number of amides is 2. The van der Waals surface area contributed by atoms with Gasteiger partial charge in [-0.05, 0) is 25.0 Å². The lowest BCUT2D eigenvalue weighted by molar-refractivity contribution is -0.141. The Morgan fingerprint density at radius 1 is 1.32 bits per heavy atom. The van der Waals surface area contributed by atoms with E-state index in [0.29, 0.717) is 18.0 Å². The van der Waals surface area contributed by atoms with Crippen molar-refractivity contribution in [2.24, 2.45) is 0 Å². The van der Waals surface area contributed by atoms with Crippen LogP contribution in [0.3, 0.4) is 0 Å². The molecule has 0 radical (unpaired) electrons. The van der Waals surface area contributed by atoms with Crippen LogP contribution in [-0.2, 0) is 11.0 Å². The SMILES string of the molecule is O=C(Nc1nccs1)C1CCCN1C(=O)c1cccc(C(F)(F)F)n1. The second kappa shape index (κ2) is 6.79. The van der Waals surface area contributed by atoms with Crippen LogP contribution in [0.4, 0.5) is 18.3 Å². The summed E-state index contributed by atoms with van der Waals surface area (Å²) in [6.07, 6.45) is -2.09. The maximum absolute atomic E-state index is 12.8. The standard InChI is InChI=1S/C15H13F3N4O2S/c16-15(17,18)11-5-1-3-9(20-11)13(24)22-7-2-4-10(22)12(23)21-14-19-6-8-25-14/h1,3,5-6,8,10H,2,4,7H2,(H,19,21,23). The Balaban J connectivity index is 1.78. The van der Waals surface area contributed by atoms with Crippen LogP contribution in [0.25, 0.3) is 0 Å². The molecule has 1 unspecified atom stereocenters. The van der Waals surface area contributed by atoms with E-state index >= 15 is 0 Å². The molecule has 1 aliphatic rings. The maximum atomic E-state index is 12.8. The Bertz CT molecular complexity index is 779. The number of carbonyl (C=O) groups is 2. The number of aromatic nitrogens is 2. The van der Waals surface area contributed by atoms with Gasteiger partial charge in [0.25, 0.3) is 5.91 Å². The third-order valence-electron chi connectivity index (χ3n) is 3.74. The predicted octanol–water partition coefficient (Wildman–Crippen LogP) is 2.80. The molecule has 6 nitrogen and oxygen atoms in total. The number of anilines is 1. The Morgan fingerprint density at radius 3 is 2.80 bits per heavy atom. The molecule has 2 aromatic heterocycles. The predicted molar refractivity (Wildman–Crippen MR) is 84.0 cm³/mol. The van der Waals surface area contributed by atoms with Crippen molar-refractivity contribution in [3.8, 4) is 0 Å². The molecule has 1 aliphatic heterocycles. The second-order valence-electron chi connectivity index (χ2n) is 5.39. The van der Waals surface area contributed by atoms with Crippen molar-refractivity contribution < 1.29 is 22.8 Å². The zero-order valence-corrected chi connectivity index (χ0v) is 13.6. The summed E-state index contributed by atoms with van der Waals surface area (Å²) in [5, 5.41) is 4.71. The Labute approximate surface area is 144 Å². The molecular formula is C15H13F3N4O2S. The number of likely N-dealkylation sites (tertiary alicyclic amines) is 1. The van der Waals surface area contributed by atoms with E-state index in [0.717, 1.165) is 12.1 Å². The van der Waals surface area contributed by atoms with Crippen LogP contribution >= 0.6 is 11.3 Å². The molecule has 10 heteroatoms. The van der Waals surface area contributed by atoms with E-state index in [9.17, 15) is 22.8 Å². The van der Waals surface area contributed by atoms with Crippen LogP contribution < -0.4 is 5.32 Å². The van der Waals surface area contributed by atoms with Crippen molar-refractivity contribution in [3.63, 3.8) is 0 Å². The van der Waals surface area contributed by atoms with Crippen molar-refractivity contribution in [1.29, 1.82) is 0 Å². The molecular weight excluding hydrogens is 357 g/mol. The number of carbonyl (C=O) groups excluding carboxylic acids is 2. The molecule has 1 saturated heterocycles. The number of hydrogen-bond acceptors (Lipinski definition) is 5. The average molecular weight is 370 g/mol. The fourth-order valence-electron chi connectivity index (χ4n) is 2.62. The van der Waals surface area contributed by atoms with Crippen LogP contribution in [0.1, 0.15) is 29.0 Å². The molecule has 3 heterocycles. The van der Waals surface area contributed by atoms with E-state index in [-0.39, 0.29) is 12.2 Å². The van der Waals surface area contributed by atoms with E-state index in [1.54, 1.807) is 5.38 Å². The summed E-state index contributed by atoms with van der Waals surface area (Å²) in [5.41, 5.74) is -1.47. The van der Waals surface area contributed by atoms with Gasteiger partial charge >= 0.3 is 6.18 Å². The van der Waals surface area contributed by atoms with Crippen molar-refractivity contribution in [2.75, 3.05) is 11.9 Å². The molecule has 1 atom stereocenters. The van der Waals surface area contributed by atoms with E-state index in [2.05, 4.69) is 15.3 Å². The summed E-state index contributed by atoms with van der Waals surface area (Å²) < 4.78 is 38.3. The topological polar surface area (TPSA) is 75.2 Å². The largest absolute Gasteiger partial charge is 0.433 e. The van der Waals surface area contributed by atoms with Gasteiger partial charge in [0.15, 0.2) is 5.13 Å². The molecule has 25 heavy (non-hydrogen) atoms. The van der Waals surface area contributed by atoms with Crippen LogP contribution in [0.5, 0.6) is 0 Å². The van der Waals surface area contributed by atoms with Gasteiger partial charge in [0.1, 0.15) is 17.4 Å². The van der Waals surface area contributed by atoms with E-state index < -0.39 is 29.7 Å². The van der Waals surface area contributed by atoms with E-state index in [4.69, 9.17) is 0 Å². The van der Waals surface area contributed by atoms with Gasteiger partial charge in [-0.15, -0.1) is 11.3 Å². The second-order valence-corrected chi connectivity index (χ2v) is 6.28. The summed E-state index contributed by atoms with van der Waals surface area (Å²) in [6.45, 7) is 0.284. The van der Waals surface area contributed by atoms with Gasteiger partial charge in [-0.3, -0.25) is 9.59 Å². The van der Waals surface area contributed by atoms with Crippen LogP contribution in [0.2, 0.25) is 0 Å². The highest BCUT2D eigenvalue weighted by Crippen LogP contribution is 2.28. The third kappa shape index (κ3) is 3.78. The molecule has 0 aliphatic carbocycles. The molecule has 2 aromatic rings. The quantitative estimate of drug-likeness (QED) is 0.902. The first kappa shape index (κ1) is 17.3. The first-order valence-corrected chi connectivity index (χ1v) is 8.30. The summed E-state index contributed by atoms with van der Waals surface area (Å²) in [5.74, 6) is -1.10. The van der Waals surface area contributed by atoms with Gasteiger partial charge in [-0.25, -0.2) is 9.97 Å². The van der Waals surface area contributed by atoms with Gasteiger partial charge in [-0.1, -0.05) is 6.07 Å². The van der Waals surface area contributed by atoms with Gasteiger partial charge in [0, 0.05) is 18.1 Å². The highest BCUT2D eigenvalue weighted by atomic mass is 32.1. The Kier molecular flexibility index (Phi) is 4.71. The third-order valence-corrected chi connectivity index (χ3v) is 4.43. The smallest absolute Gasteiger partial charge is 0.325 e. The minimum Gasteiger partial charge on any atom is -0.325 e. The van der Waals surface area contributed by atoms with Crippen molar-refractivity contribution in [3.05, 3.63) is 41.2 Å². The summed E-state index contributed by atoms with van der Waals surface area (Å²) >= 11 is 1.24. The minimum absolute atomic E-state index is 0.284. The fourth-order valence-corrected chi connectivity index (χ4v) is 3.15. The number of rotatable bonds is 3. The van der Waals surface area contributed by atoms with E-state index in [1.165, 1.54) is 28.5 Å². The number of thiazole rings is 1. The Morgan fingerprint density at radius 2 is 2.12 bits per heavy atom. The summed E-state index contributed by atoms with van der Waals surface area (Å²) in [7, 11) is 0. The van der Waals surface area contributed by atoms with Crippen molar-refractivity contribution >= 4 is 28.3 Å². The molecule has 0 bridgehead atoms. The lowest BCUT2D eigenvalue weighted by Crippen LogP contribution is -2.43. The van der Waals surface area contributed by atoms with Gasteiger partial charge in [-0.2, -0.15) is 13.2 Å². The lowest BCUT2D eigenvalue weighted by Gasteiger charge is -2.23. The number of nitrogens with zero attached hydrogens (tertiary/aromatic N) is 3. The molecule has 0 saturated carbocycles. The van der Waals surface area contributed by atoms with Crippen LogP contribution in [-0.4, -0.2) is 39.3 Å². The Hall–Kier alpha value is -2.49. The minimum atomic E-state index is -4.64. The molecule has 3 rings (SSSR count). The van der Waals surface area contributed by atoms with Gasteiger partial charge in [0.05, 0.1) is 0 Å². The normalized spacial score (nSPS) is 17.6. The first-order chi connectivity index (χ1) is 11.9. The first-order valence-electron chi connectivity index (χ1n) is 7.42. The fraction of sp³-hybridized carbons (Fsp3) is 0.333. The molecule has 0 aromatic carbocycles. The van der Waals surface area contributed by atoms with Gasteiger partial charge in [0.2, 0.25) is 5.91 Å². The summed E-state index contributed by atoms with van der Waals surface area (Å²) in [6, 6.07) is 2.39. The van der Waals surface area contributed by atoms with Crippen molar-refractivity contribution in [1.82, 2.24) is 14.9 Å². The molecule has 132 valence electrons. The highest BCUT2D eigenvalue weighted by Gasteiger charge is 2.37. The van der Waals surface area contributed by atoms with E-state index in [1.807, 2.05) is 0 Å². The van der Waals surface area contributed by atoms with Crippen LogP contribution in [0, 0.1) is 0 Å². The average Bonchev–Trinajstić information content (AvgIpc) is 3.24. The number of hydrogen-bond donors (Lipinski definition) is 1. The van der Waals surface area contributed by atoms with Crippen molar-refractivity contribution in [2.45, 2.75) is 25.1 Å². The van der Waals surface area contributed by atoms with Gasteiger partial charge < -0.3 is 10.2 Å². The number of nitrogens with one attached hydrogen (secondary N) is 1. The molecule has 2 amide bonds. The zero-order valence-electron chi connectivity index (χ0n) is 12.8. The van der Waals surface area contributed by atoms with Crippen LogP contribution in [0.15, 0.2) is 29.8 Å². The summed E-state index contributed by atoms with van der Waals surface area (Å²) in [4.78, 5) is 33.5. The highest BCUT2D eigenvalue weighted by molar-refractivity contribution is 7.13. The number of alkyl halides is 3. The molecule has 0 spiro atoms. The zero-order chi connectivity index (χ0) is 18.0. The number of halogens is 3. The molecule has 1 fully saturated rings. The molecule has 1 N–H and O–H groups in total. The number of pyridine rings is 1. The lowest BCUT2D eigenvalue weighted by atomic mass is 10.2. The maximum Gasteiger partial charge on any atom is 0.433 e.